The van der Waals surface area contributed by atoms with E-state index >= 15 is 0 Å². The van der Waals surface area contributed by atoms with E-state index in [1.165, 1.54) is 27.4 Å². The number of hydrogen-bond donors (Lipinski definition) is 2. The summed E-state index contributed by atoms with van der Waals surface area (Å²) in [6.45, 7) is 5.83. The maximum absolute atomic E-state index is 5.52. The zero-order chi connectivity index (χ0) is 14.7. The molecule has 3 rings (SSSR count). The lowest BCUT2D eigenvalue weighted by Gasteiger charge is -2.06. The molecule has 3 aromatic rings. The lowest BCUT2D eigenvalue weighted by atomic mass is 10.1. The van der Waals surface area contributed by atoms with Gasteiger partial charge in [0, 0.05) is 34.9 Å². The van der Waals surface area contributed by atoms with Crippen molar-refractivity contribution in [2.45, 2.75) is 26.4 Å². The third-order valence-corrected chi connectivity index (χ3v) is 4.04. The number of nitrogens with one attached hydrogen (secondary N) is 1. The SMILES string of the molecule is CCn1c2ccccc2c2cc(CNCCCN)ccc21. The summed E-state index contributed by atoms with van der Waals surface area (Å²) >= 11 is 0. The molecule has 0 saturated carbocycles. The van der Waals surface area contributed by atoms with Crippen LogP contribution in [0, 0.1) is 0 Å². The van der Waals surface area contributed by atoms with Gasteiger partial charge in [0.15, 0.2) is 0 Å². The number of nitrogens with two attached hydrogens (primary N) is 1. The first kappa shape index (κ1) is 14.1. The molecule has 0 fully saturated rings. The van der Waals surface area contributed by atoms with Gasteiger partial charge in [0.1, 0.15) is 0 Å². The number of rotatable bonds is 6. The van der Waals surface area contributed by atoms with E-state index < -0.39 is 0 Å². The van der Waals surface area contributed by atoms with Gasteiger partial charge in [-0.3, -0.25) is 0 Å². The van der Waals surface area contributed by atoms with Crippen molar-refractivity contribution in [3.05, 3.63) is 48.0 Å². The Hall–Kier alpha value is -1.84. The third kappa shape index (κ3) is 2.67. The summed E-state index contributed by atoms with van der Waals surface area (Å²) in [6, 6.07) is 15.4. The minimum Gasteiger partial charge on any atom is -0.341 e. The Morgan fingerprint density at radius 1 is 1.05 bits per heavy atom. The average Bonchev–Trinajstić information content (AvgIpc) is 2.85. The third-order valence-electron chi connectivity index (χ3n) is 4.04. The Bertz CT molecular complexity index is 743. The minimum atomic E-state index is 0.746. The highest BCUT2D eigenvalue weighted by Gasteiger charge is 2.09. The van der Waals surface area contributed by atoms with Crippen molar-refractivity contribution in [3.63, 3.8) is 0 Å². The smallest absolute Gasteiger partial charge is 0.0491 e. The maximum Gasteiger partial charge on any atom is 0.0491 e. The molecular weight excluding hydrogens is 258 g/mol. The van der Waals surface area contributed by atoms with Gasteiger partial charge >= 0.3 is 0 Å². The molecular formula is C18H23N3. The Morgan fingerprint density at radius 2 is 1.86 bits per heavy atom. The highest BCUT2D eigenvalue weighted by molar-refractivity contribution is 6.08. The summed E-state index contributed by atoms with van der Waals surface area (Å²) in [5, 5.41) is 6.15. The van der Waals surface area contributed by atoms with Crippen LogP contribution in [-0.4, -0.2) is 17.7 Å². The molecule has 0 bridgehead atoms. The van der Waals surface area contributed by atoms with Crippen LogP contribution in [0.3, 0.4) is 0 Å². The van der Waals surface area contributed by atoms with Gasteiger partial charge in [-0.05, 0) is 50.2 Å². The second-order valence-corrected chi connectivity index (χ2v) is 5.43. The molecule has 1 aromatic heterocycles. The molecule has 110 valence electrons. The van der Waals surface area contributed by atoms with Crippen molar-refractivity contribution in [1.82, 2.24) is 9.88 Å². The summed E-state index contributed by atoms with van der Waals surface area (Å²) in [6.07, 6.45) is 1.03. The number of nitrogens with zero attached hydrogens (tertiary/aromatic N) is 1. The molecule has 3 N–H and O–H groups in total. The average molecular weight is 281 g/mol. The van der Waals surface area contributed by atoms with E-state index in [1.54, 1.807) is 0 Å². The molecule has 1 heterocycles. The fraction of sp³-hybridized carbons (Fsp3) is 0.333. The van der Waals surface area contributed by atoms with E-state index in [-0.39, 0.29) is 0 Å². The zero-order valence-electron chi connectivity index (χ0n) is 12.6. The molecule has 0 aliphatic heterocycles. The quantitative estimate of drug-likeness (QED) is 0.681. The Morgan fingerprint density at radius 3 is 2.67 bits per heavy atom. The monoisotopic (exact) mass is 281 g/mol. The molecule has 0 aliphatic carbocycles. The highest BCUT2D eigenvalue weighted by atomic mass is 15.0. The molecule has 0 spiro atoms. The molecule has 0 saturated heterocycles. The predicted molar refractivity (Wildman–Crippen MR) is 90.5 cm³/mol. The summed E-state index contributed by atoms with van der Waals surface area (Å²) in [5.41, 5.74) is 9.50. The van der Waals surface area contributed by atoms with Crippen LogP contribution in [0.1, 0.15) is 18.9 Å². The normalized spacial score (nSPS) is 11.5. The van der Waals surface area contributed by atoms with E-state index in [0.717, 1.165) is 32.6 Å². The van der Waals surface area contributed by atoms with Crippen molar-refractivity contribution >= 4 is 21.8 Å². The van der Waals surface area contributed by atoms with Crippen LogP contribution in [0.25, 0.3) is 21.8 Å². The van der Waals surface area contributed by atoms with Crippen LogP contribution < -0.4 is 11.1 Å². The zero-order valence-corrected chi connectivity index (χ0v) is 12.6. The number of benzene rings is 2. The summed E-state index contributed by atoms with van der Waals surface area (Å²) in [4.78, 5) is 0. The van der Waals surface area contributed by atoms with Crippen molar-refractivity contribution in [2.75, 3.05) is 13.1 Å². The van der Waals surface area contributed by atoms with Gasteiger partial charge in [-0.2, -0.15) is 0 Å². The Labute approximate surface area is 125 Å². The molecule has 0 amide bonds. The van der Waals surface area contributed by atoms with Crippen LogP contribution in [0.4, 0.5) is 0 Å². The fourth-order valence-corrected chi connectivity index (χ4v) is 3.01. The van der Waals surface area contributed by atoms with Crippen LogP contribution >= 0.6 is 0 Å². The summed E-state index contributed by atoms with van der Waals surface area (Å²) in [5.74, 6) is 0. The number of fused-ring (bicyclic) bond motifs is 3. The van der Waals surface area contributed by atoms with Crippen molar-refractivity contribution < 1.29 is 0 Å². The van der Waals surface area contributed by atoms with Crippen molar-refractivity contribution in [1.29, 1.82) is 0 Å². The van der Waals surface area contributed by atoms with E-state index in [2.05, 4.69) is 59.3 Å². The second kappa shape index (κ2) is 6.29. The molecule has 0 aliphatic rings. The molecule has 3 nitrogen and oxygen atoms in total. The molecule has 2 aromatic carbocycles. The van der Waals surface area contributed by atoms with Crippen LogP contribution in [0.15, 0.2) is 42.5 Å². The Kier molecular flexibility index (Phi) is 4.23. The van der Waals surface area contributed by atoms with Crippen LogP contribution in [0.2, 0.25) is 0 Å². The van der Waals surface area contributed by atoms with E-state index in [0.29, 0.717) is 0 Å². The first-order chi connectivity index (χ1) is 10.3. The van der Waals surface area contributed by atoms with Crippen molar-refractivity contribution in [2.24, 2.45) is 5.73 Å². The number of aromatic nitrogens is 1. The molecule has 21 heavy (non-hydrogen) atoms. The maximum atomic E-state index is 5.52. The van der Waals surface area contributed by atoms with Crippen LogP contribution in [-0.2, 0) is 13.1 Å². The lowest BCUT2D eigenvalue weighted by Crippen LogP contribution is -2.17. The van der Waals surface area contributed by atoms with Crippen LogP contribution in [0.5, 0.6) is 0 Å². The molecule has 3 heteroatoms. The largest absolute Gasteiger partial charge is 0.341 e. The summed E-state index contributed by atoms with van der Waals surface area (Å²) < 4.78 is 2.39. The second-order valence-electron chi connectivity index (χ2n) is 5.43. The number of aryl methyl sites for hydroxylation is 1. The van der Waals surface area contributed by atoms with Gasteiger partial charge < -0.3 is 15.6 Å². The van der Waals surface area contributed by atoms with Gasteiger partial charge in [0.05, 0.1) is 0 Å². The first-order valence-electron chi connectivity index (χ1n) is 7.75. The molecule has 0 unspecified atom stereocenters. The molecule has 0 atom stereocenters. The van der Waals surface area contributed by atoms with E-state index in [1.807, 2.05) is 0 Å². The standard InChI is InChI=1S/C18H23N3/c1-2-21-17-7-4-3-6-15(17)16-12-14(8-9-18(16)21)13-20-11-5-10-19/h3-4,6-9,12,20H,2,5,10-11,13,19H2,1H3. The van der Waals surface area contributed by atoms with Gasteiger partial charge in [-0.25, -0.2) is 0 Å². The first-order valence-corrected chi connectivity index (χ1v) is 7.75. The van der Waals surface area contributed by atoms with Gasteiger partial charge in [0.25, 0.3) is 0 Å². The molecule has 0 radical (unpaired) electrons. The minimum absolute atomic E-state index is 0.746. The van der Waals surface area contributed by atoms with E-state index in [4.69, 9.17) is 5.73 Å². The lowest BCUT2D eigenvalue weighted by molar-refractivity contribution is 0.656. The fourth-order valence-electron chi connectivity index (χ4n) is 3.01. The van der Waals surface area contributed by atoms with E-state index in [9.17, 15) is 0 Å². The van der Waals surface area contributed by atoms with Crippen molar-refractivity contribution in [3.8, 4) is 0 Å². The Balaban J connectivity index is 1.99. The van der Waals surface area contributed by atoms with Gasteiger partial charge in [-0.1, -0.05) is 24.3 Å². The topological polar surface area (TPSA) is 43.0 Å². The predicted octanol–water partition coefficient (Wildman–Crippen LogP) is 3.25. The summed E-state index contributed by atoms with van der Waals surface area (Å²) in [7, 11) is 0. The van der Waals surface area contributed by atoms with Gasteiger partial charge in [0.2, 0.25) is 0 Å². The highest BCUT2D eigenvalue weighted by Crippen LogP contribution is 2.29. The van der Waals surface area contributed by atoms with Gasteiger partial charge in [-0.15, -0.1) is 0 Å². The number of hydrogen-bond acceptors (Lipinski definition) is 2. The number of para-hydroxylation sites is 1.